The second-order valence-corrected chi connectivity index (χ2v) is 8.59. The zero-order valence-electron chi connectivity index (χ0n) is 18.7. The van der Waals surface area contributed by atoms with Crippen molar-refractivity contribution in [1.82, 2.24) is 15.2 Å². The van der Waals surface area contributed by atoms with E-state index in [2.05, 4.69) is 10.6 Å². The summed E-state index contributed by atoms with van der Waals surface area (Å²) in [6, 6.07) is 5.10. The highest BCUT2D eigenvalue weighted by Crippen LogP contribution is 2.21. The van der Waals surface area contributed by atoms with Crippen molar-refractivity contribution in [1.29, 1.82) is 0 Å². The van der Waals surface area contributed by atoms with Gasteiger partial charge in [-0.15, -0.1) is 0 Å². The lowest BCUT2D eigenvalue weighted by molar-refractivity contribution is -0.142. The fourth-order valence-corrected chi connectivity index (χ4v) is 3.29. The van der Waals surface area contributed by atoms with Crippen molar-refractivity contribution in [2.24, 2.45) is 12.8 Å². The molecule has 5 N–H and O–H groups in total. The number of nitrogens with two attached hydrogens (primary N) is 1. The molecule has 3 amide bonds. The van der Waals surface area contributed by atoms with Crippen molar-refractivity contribution < 1.29 is 29.0 Å². The maximum absolute atomic E-state index is 12.8. The van der Waals surface area contributed by atoms with Crippen molar-refractivity contribution in [3.63, 3.8) is 0 Å². The van der Waals surface area contributed by atoms with E-state index in [0.29, 0.717) is 0 Å². The Morgan fingerprint density at radius 2 is 1.78 bits per heavy atom. The van der Waals surface area contributed by atoms with E-state index in [1.807, 2.05) is 42.1 Å². The number of amides is 3. The first kappa shape index (κ1) is 24.7. The smallest absolute Gasteiger partial charge is 0.408 e. The van der Waals surface area contributed by atoms with Gasteiger partial charge < -0.3 is 30.8 Å². The van der Waals surface area contributed by atoms with Crippen LogP contribution in [0.2, 0.25) is 0 Å². The molecule has 0 radical (unpaired) electrons. The first-order valence-corrected chi connectivity index (χ1v) is 10.2. The van der Waals surface area contributed by atoms with E-state index in [1.165, 1.54) is 0 Å². The maximum Gasteiger partial charge on any atom is 0.408 e. The Balaban J connectivity index is 2.18. The molecule has 10 heteroatoms. The second kappa shape index (κ2) is 10.2. The summed E-state index contributed by atoms with van der Waals surface area (Å²) >= 11 is 0. The maximum atomic E-state index is 12.8. The lowest BCUT2D eigenvalue weighted by atomic mass is 10.0. The average molecular weight is 447 g/mol. The lowest BCUT2D eigenvalue weighted by Gasteiger charge is -2.24. The predicted octanol–water partition coefficient (Wildman–Crippen LogP) is 1.45. The summed E-state index contributed by atoms with van der Waals surface area (Å²) in [6.07, 6.45) is 0.729. The molecule has 0 saturated carbocycles. The van der Waals surface area contributed by atoms with Crippen LogP contribution in [0, 0.1) is 0 Å². The van der Waals surface area contributed by atoms with Gasteiger partial charge in [0.1, 0.15) is 17.7 Å². The number of carbonyl (C=O) groups is 4. The Morgan fingerprint density at radius 1 is 1.12 bits per heavy atom. The van der Waals surface area contributed by atoms with Crippen LogP contribution in [0.15, 0.2) is 30.5 Å². The molecular formula is C22H30N4O6. The molecule has 0 fully saturated rings. The Morgan fingerprint density at radius 3 is 2.38 bits per heavy atom. The number of rotatable bonds is 9. The van der Waals surface area contributed by atoms with Gasteiger partial charge in [0, 0.05) is 37.0 Å². The quantitative estimate of drug-likeness (QED) is 0.457. The molecule has 1 aromatic heterocycles. The topological polar surface area (TPSA) is 153 Å². The number of para-hydroxylation sites is 1. The van der Waals surface area contributed by atoms with Gasteiger partial charge in [0.2, 0.25) is 11.8 Å². The molecular weight excluding hydrogens is 416 g/mol. The number of nitrogens with zero attached hydrogens (tertiary/aromatic N) is 1. The Labute approximate surface area is 186 Å². The van der Waals surface area contributed by atoms with E-state index in [-0.39, 0.29) is 19.3 Å². The molecule has 32 heavy (non-hydrogen) atoms. The minimum Gasteiger partial charge on any atom is -0.480 e. The Hall–Kier alpha value is -3.56. The van der Waals surface area contributed by atoms with E-state index in [4.69, 9.17) is 10.5 Å². The standard InChI is InChI=1S/C22H30N4O6/c1-22(2,3)32-21(31)25-15(9-10-18(23)27)19(28)24-16(20(29)30)11-13-12-26(4)17-8-6-5-7-14(13)17/h5-8,12,15-16H,9-11H2,1-4H3,(H2,23,27)(H,24,28)(H,25,31)(H,29,30)/t15-,16+/m0/s1. The normalized spacial score (nSPS) is 13.2. The summed E-state index contributed by atoms with van der Waals surface area (Å²) in [7, 11) is 1.85. The average Bonchev–Trinajstić information content (AvgIpc) is 2.98. The number of carboxylic acids is 1. The van der Waals surface area contributed by atoms with Crippen LogP contribution in [0.1, 0.15) is 39.2 Å². The first-order valence-electron chi connectivity index (χ1n) is 10.2. The molecule has 1 aromatic carbocycles. The Bertz CT molecular complexity index is 1010. The molecule has 10 nitrogen and oxygen atoms in total. The number of hydrogen-bond acceptors (Lipinski definition) is 5. The number of primary amides is 1. The number of aromatic nitrogens is 1. The van der Waals surface area contributed by atoms with Gasteiger partial charge in [-0.25, -0.2) is 9.59 Å². The molecule has 0 spiro atoms. The summed E-state index contributed by atoms with van der Waals surface area (Å²) in [6.45, 7) is 4.99. The van der Waals surface area contributed by atoms with Crippen LogP contribution in [0.25, 0.3) is 10.9 Å². The van der Waals surface area contributed by atoms with Crippen molar-refractivity contribution in [2.75, 3.05) is 0 Å². The zero-order chi connectivity index (χ0) is 24.1. The van der Waals surface area contributed by atoms with Gasteiger partial charge in [-0.3, -0.25) is 9.59 Å². The Kier molecular flexibility index (Phi) is 7.85. The highest BCUT2D eigenvalue weighted by molar-refractivity contribution is 5.90. The third kappa shape index (κ3) is 7.00. The van der Waals surface area contributed by atoms with Crippen molar-refractivity contribution in [3.8, 4) is 0 Å². The van der Waals surface area contributed by atoms with Crippen LogP contribution in [0.3, 0.4) is 0 Å². The van der Waals surface area contributed by atoms with Gasteiger partial charge in [0.15, 0.2) is 0 Å². The number of benzene rings is 1. The fourth-order valence-electron chi connectivity index (χ4n) is 3.29. The van der Waals surface area contributed by atoms with Crippen LogP contribution in [0.5, 0.6) is 0 Å². The van der Waals surface area contributed by atoms with Gasteiger partial charge in [0.05, 0.1) is 0 Å². The number of carboxylic acid groups (broad SMARTS) is 1. The van der Waals surface area contributed by atoms with Gasteiger partial charge in [-0.1, -0.05) is 18.2 Å². The summed E-state index contributed by atoms with van der Waals surface area (Å²) in [5.41, 5.74) is 6.06. The van der Waals surface area contributed by atoms with E-state index in [9.17, 15) is 24.3 Å². The minimum atomic E-state index is -1.25. The number of aryl methyl sites for hydroxylation is 1. The van der Waals surface area contributed by atoms with Gasteiger partial charge >= 0.3 is 12.1 Å². The number of alkyl carbamates (subject to hydrolysis) is 1. The molecule has 174 valence electrons. The molecule has 2 rings (SSSR count). The number of hydrogen-bond donors (Lipinski definition) is 4. The lowest BCUT2D eigenvalue weighted by Crippen LogP contribution is -2.53. The van der Waals surface area contributed by atoms with Gasteiger partial charge in [-0.05, 0) is 38.8 Å². The minimum absolute atomic E-state index is 0.0391. The van der Waals surface area contributed by atoms with Crippen LogP contribution < -0.4 is 16.4 Å². The van der Waals surface area contributed by atoms with E-state index < -0.39 is 41.6 Å². The van der Waals surface area contributed by atoms with Crippen LogP contribution >= 0.6 is 0 Å². The summed E-state index contributed by atoms with van der Waals surface area (Å²) in [5.74, 6) is -2.62. The highest BCUT2D eigenvalue weighted by atomic mass is 16.6. The molecule has 1 heterocycles. The number of nitrogens with one attached hydrogen (secondary N) is 2. The highest BCUT2D eigenvalue weighted by Gasteiger charge is 2.29. The number of ether oxygens (including phenoxy) is 1. The molecule has 2 atom stereocenters. The molecule has 0 aliphatic rings. The van der Waals surface area contributed by atoms with Gasteiger partial charge in [0.25, 0.3) is 0 Å². The monoisotopic (exact) mass is 446 g/mol. The van der Waals surface area contributed by atoms with E-state index in [1.54, 1.807) is 20.8 Å². The van der Waals surface area contributed by atoms with Gasteiger partial charge in [-0.2, -0.15) is 0 Å². The summed E-state index contributed by atoms with van der Waals surface area (Å²) < 4.78 is 7.04. The second-order valence-electron chi connectivity index (χ2n) is 8.59. The number of fused-ring (bicyclic) bond motifs is 1. The number of aliphatic carboxylic acids is 1. The molecule has 0 unspecified atom stereocenters. The van der Waals surface area contributed by atoms with Crippen molar-refractivity contribution >= 4 is 34.8 Å². The zero-order valence-corrected chi connectivity index (χ0v) is 18.7. The molecule has 2 aromatic rings. The van der Waals surface area contributed by atoms with E-state index in [0.717, 1.165) is 16.5 Å². The van der Waals surface area contributed by atoms with Crippen LogP contribution in [-0.2, 0) is 32.6 Å². The van der Waals surface area contributed by atoms with Crippen LogP contribution in [-0.4, -0.2) is 51.2 Å². The molecule has 0 bridgehead atoms. The summed E-state index contributed by atoms with van der Waals surface area (Å²) in [5, 5.41) is 15.4. The van der Waals surface area contributed by atoms with Crippen LogP contribution in [0.4, 0.5) is 4.79 Å². The summed E-state index contributed by atoms with van der Waals surface area (Å²) in [4.78, 5) is 48.0. The molecule has 0 saturated heterocycles. The third-order valence-corrected chi connectivity index (χ3v) is 4.70. The predicted molar refractivity (Wildman–Crippen MR) is 118 cm³/mol. The largest absolute Gasteiger partial charge is 0.480 e. The molecule has 0 aliphatic heterocycles. The third-order valence-electron chi connectivity index (χ3n) is 4.70. The first-order chi connectivity index (χ1) is 14.9. The molecule has 0 aliphatic carbocycles. The van der Waals surface area contributed by atoms with E-state index >= 15 is 0 Å². The van der Waals surface area contributed by atoms with Crippen molar-refractivity contribution in [3.05, 3.63) is 36.0 Å². The number of carbonyl (C=O) groups excluding carboxylic acids is 3. The van der Waals surface area contributed by atoms with Crippen molar-refractivity contribution in [2.45, 2.75) is 57.7 Å². The SMILES string of the molecule is Cn1cc(C[C@@H](NC(=O)[C@H](CCC(N)=O)NC(=O)OC(C)(C)C)C(=O)O)c2ccccc21. The fraction of sp³-hybridized carbons (Fsp3) is 0.455.